The molecule has 0 aliphatic carbocycles. The summed E-state index contributed by atoms with van der Waals surface area (Å²) >= 11 is 20.6. The van der Waals surface area contributed by atoms with Crippen LogP contribution in [0.15, 0.2) is 30.3 Å². The van der Waals surface area contributed by atoms with Crippen LogP contribution in [0.4, 0.5) is 0 Å². The van der Waals surface area contributed by atoms with Gasteiger partial charge in [0, 0.05) is 16.8 Å². The maximum atomic E-state index is 12.5. The highest BCUT2D eigenvalue weighted by Gasteiger charge is 2.33. The van der Waals surface area contributed by atoms with Gasteiger partial charge in [-0.2, -0.15) is 0 Å². The van der Waals surface area contributed by atoms with Crippen LogP contribution in [0.5, 0.6) is 0 Å². The van der Waals surface area contributed by atoms with Crippen molar-refractivity contribution in [2.24, 2.45) is 5.92 Å². The van der Waals surface area contributed by atoms with Gasteiger partial charge in [-0.3, -0.25) is 9.59 Å². The smallest absolute Gasteiger partial charge is 0.316 e. The Morgan fingerprint density at radius 1 is 1.23 bits per heavy atom. The van der Waals surface area contributed by atoms with Crippen molar-refractivity contribution in [3.05, 3.63) is 35.9 Å². The summed E-state index contributed by atoms with van der Waals surface area (Å²) in [6.07, 6.45) is 0.371. The molecule has 7 heteroatoms. The molecule has 0 aromatic heterocycles. The van der Waals surface area contributed by atoms with Crippen LogP contribution < -0.4 is 0 Å². The third kappa shape index (κ3) is 6.86. The van der Waals surface area contributed by atoms with Gasteiger partial charge in [0.15, 0.2) is 9.58 Å². The minimum Gasteiger partial charge on any atom is -0.465 e. The van der Waals surface area contributed by atoms with E-state index in [0.29, 0.717) is 5.56 Å². The van der Waals surface area contributed by atoms with Crippen molar-refractivity contribution in [1.82, 2.24) is 0 Å². The number of hydrogen-bond donors (Lipinski definition) is 0. The maximum Gasteiger partial charge on any atom is 0.316 e. The Labute approximate surface area is 153 Å². The molecule has 2 unspecified atom stereocenters. The number of rotatable bonds is 7. The molecule has 0 fully saturated rings. The summed E-state index contributed by atoms with van der Waals surface area (Å²) in [6, 6.07) is 8.59. The number of carbonyl (C=O) groups is 2. The van der Waals surface area contributed by atoms with Crippen molar-refractivity contribution in [2.75, 3.05) is 6.61 Å². The van der Waals surface area contributed by atoms with Gasteiger partial charge < -0.3 is 4.74 Å². The van der Waals surface area contributed by atoms with Gasteiger partial charge in [0.1, 0.15) is 5.92 Å². The Bertz CT molecular complexity index is 503. The van der Waals surface area contributed by atoms with Crippen LogP contribution in [-0.4, -0.2) is 27.0 Å². The minimum absolute atomic E-state index is 0.176. The summed E-state index contributed by atoms with van der Waals surface area (Å²) in [7, 11) is 0. The third-order valence-electron chi connectivity index (χ3n) is 2.89. The maximum absolute atomic E-state index is 12.5. The molecule has 0 saturated heterocycles. The van der Waals surface area contributed by atoms with Crippen LogP contribution in [0, 0.1) is 5.92 Å². The molecule has 1 aromatic carbocycles. The zero-order valence-corrected chi connectivity index (χ0v) is 15.8. The van der Waals surface area contributed by atoms with Crippen molar-refractivity contribution < 1.29 is 14.3 Å². The molecule has 0 N–H and O–H groups in total. The molecule has 3 nitrogen and oxygen atoms in total. The lowest BCUT2D eigenvalue weighted by Gasteiger charge is -2.20. The van der Waals surface area contributed by atoms with E-state index < -0.39 is 15.7 Å². The number of ketones is 1. The molecule has 0 spiro atoms. The fraction of sp³-hybridized carbons (Fsp3) is 0.467. The van der Waals surface area contributed by atoms with Crippen molar-refractivity contribution in [3.8, 4) is 0 Å². The second-order valence-electron chi connectivity index (χ2n) is 4.69. The SMILES string of the molecule is CCOC(=O)C(CC(Br)CC(Cl)(Cl)Cl)C(=O)c1ccccc1. The fourth-order valence-electron chi connectivity index (χ4n) is 1.95. The monoisotopic (exact) mass is 428 g/mol. The number of hydrogen-bond acceptors (Lipinski definition) is 3. The normalized spacial score (nSPS) is 14.2. The summed E-state index contributed by atoms with van der Waals surface area (Å²) in [5.74, 6) is -1.79. The molecule has 1 rings (SSSR count). The number of Topliss-reactive ketones (excluding diaryl/α,β-unsaturated/α-hetero) is 1. The number of alkyl halides is 4. The first-order valence-electron chi connectivity index (χ1n) is 6.71. The van der Waals surface area contributed by atoms with Crippen LogP contribution in [0.25, 0.3) is 0 Å². The summed E-state index contributed by atoms with van der Waals surface area (Å²) in [4.78, 5) is 24.3. The molecule has 2 atom stereocenters. The third-order valence-corrected chi connectivity index (χ3v) is 4.05. The van der Waals surface area contributed by atoms with Gasteiger partial charge in [-0.25, -0.2) is 0 Å². The average molecular weight is 431 g/mol. The first kappa shape index (κ1) is 19.8. The van der Waals surface area contributed by atoms with Gasteiger partial charge in [0.2, 0.25) is 0 Å². The molecular formula is C15H16BrCl3O3. The highest BCUT2D eigenvalue weighted by atomic mass is 79.9. The van der Waals surface area contributed by atoms with Gasteiger partial charge >= 0.3 is 5.97 Å². The van der Waals surface area contributed by atoms with Gasteiger partial charge in [0.25, 0.3) is 0 Å². The van der Waals surface area contributed by atoms with Gasteiger partial charge in [-0.05, 0) is 13.3 Å². The first-order valence-corrected chi connectivity index (χ1v) is 8.76. The van der Waals surface area contributed by atoms with E-state index in [4.69, 9.17) is 39.5 Å². The highest BCUT2D eigenvalue weighted by Crippen LogP contribution is 2.36. The van der Waals surface area contributed by atoms with E-state index in [1.165, 1.54) is 0 Å². The van der Waals surface area contributed by atoms with E-state index in [1.54, 1.807) is 37.3 Å². The molecule has 22 heavy (non-hydrogen) atoms. The molecule has 0 amide bonds. The zero-order valence-electron chi connectivity index (χ0n) is 11.9. The van der Waals surface area contributed by atoms with E-state index >= 15 is 0 Å². The van der Waals surface area contributed by atoms with Crippen molar-refractivity contribution in [2.45, 2.75) is 28.4 Å². The van der Waals surface area contributed by atoms with Crippen LogP contribution in [-0.2, 0) is 9.53 Å². The van der Waals surface area contributed by atoms with Crippen molar-refractivity contribution in [3.63, 3.8) is 0 Å². The average Bonchev–Trinajstić information content (AvgIpc) is 2.43. The van der Waals surface area contributed by atoms with E-state index in [0.717, 1.165) is 0 Å². The number of esters is 1. The van der Waals surface area contributed by atoms with E-state index in [9.17, 15) is 9.59 Å². The highest BCUT2D eigenvalue weighted by molar-refractivity contribution is 9.09. The molecule has 0 aliphatic rings. The predicted molar refractivity (Wildman–Crippen MR) is 93.1 cm³/mol. The lowest BCUT2D eigenvalue weighted by atomic mass is 9.92. The Kier molecular flexibility index (Phi) is 8.19. The van der Waals surface area contributed by atoms with E-state index in [-0.39, 0.29) is 30.1 Å². The van der Waals surface area contributed by atoms with Gasteiger partial charge in [-0.15, -0.1) is 0 Å². The molecule has 0 heterocycles. The lowest BCUT2D eigenvalue weighted by Crippen LogP contribution is -2.30. The predicted octanol–water partition coefficient (Wildman–Crippen LogP) is 4.96. The van der Waals surface area contributed by atoms with Crippen molar-refractivity contribution in [1.29, 1.82) is 0 Å². The Morgan fingerprint density at radius 2 is 1.82 bits per heavy atom. The summed E-state index contributed by atoms with van der Waals surface area (Å²) in [5.41, 5.74) is 0.453. The summed E-state index contributed by atoms with van der Waals surface area (Å²) in [5, 5.41) is 0. The Balaban J connectivity index is 2.89. The second kappa shape index (κ2) is 9.11. The fourth-order valence-corrected chi connectivity index (χ4v) is 3.92. The number of halogens is 4. The molecule has 0 saturated carbocycles. The zero-order chi connectivity index (χ0) is 16.8. The van der Waals surface area contributed by atoms with Crippen LogP contribution >= 0.6 is 50.7 Å². The largest absolute Gasteiger partial charge is 0.465 e. The minimum atomic E-state index is -1.46. The van der Waals surface area contributed by atoms with Crippen LogP contribution in [0.1, 0.15) is 30.1 Å². The van der Waals surface area contributed by atoms with Gasteiger partial charge in [-0.1, -0.05) is 81.1 Å². The van der Waals surface area contributed by atoms with Crippen LogP contribution in [0.3, 0.4) is 0 Å². The molecule has 0 radical (unpaired) electrons. The number of benzene rings is 1. The van der Waals surface area contributed by atoms with E-state index in [1.807, 2.05) is 0 Å². The van der Waals surface area contributed by atoms with Crippen LogP contribution in [0.2, 0.25) is 0 Å². The molecule has 0 aliphatic heterocycles. The molecule has 0 bridgehead atoms. The Morgan fingerprint density at radius 3 is 2.32 bits per heavy atom. The second-order valence-corrected chi connectivity index (χ2v) is 8.50. The first-order chi connectivity index (χ1) is 10.2. The quantitative estimate of drug-likeness (QED) is 0.266. The standard InChI is InChI=1S/C15H16BrCl3O3/c1-2-22-14(21)12(8-11(16)9-15(17,18)19)13(20)10-6-4-3-5-7-10/h3-7,11-12H,2,8-9H2,1H3. The Hall–Kier alpha value is -0.290. The summed E-state index contributed by atoms with van der Waals surface area (Å²) in [6.45, 7) is 1.89. The molecule has 122 valence electrons. The van der Waals surface area contributed by atoms with Gasteiger partial charge in [0.05, 0.1) is 6.61 Å². The summed E-state index contributed by atoms with van der Waals surface area (Å²) < 4.78 is 3.54. The topological polar surface area (TPSA) is 43.4 Å². The lowest BCUT2D eigenvalue weighted by molar-refractivity contribution is -0.146. The van der Waals surface area contributed by atoms with Crippen molar-refractivity contribution >= 4 is 62.5 Å². The number of carbonyl (C=O) groups excluding carboxylic acids is 2. The molecule has 1 aromatic rings. The molecular weight excluding hydrogens is 414 g/mol. The number of ether oxygens (including phenoxy) is 1. The van der Waals surface area contributed by atoms with E-state index in [2.05, 4.69) is 15.9 Å².